The summed E-state index contributed by atoms with van der Waals surface area (Å²) in [4.78, 5) is 5.44. The Bertz CT molecular complexity index is 453. The van der Waals surface area contributed by atoms with E-state index in [4.69, 9.17) is 0 Å². The van der Waals surface area contributed by atoms with Crippen molar-refractivity contribution in [3.63, 3.8) is 0 Å². The molecule has 0 fully saturated rings. The van der Waals surface area contributed by atoms with Gasteiger partial charge in [0.2, 0.25) is 0 Å². The average Bonchev–Trinajstić information content (AvgIpc) is 2.58. The van der Waals surface area contributed by atoms with Crippen molar-refractivity contribution in [2.24, 2.45) is 0 Å². The molecule has 0 aliphatic rings. The lowest BCUT2D eigenvalue weighted by Crippen LogP contribution is -2.36. The van der Waals surface area contributed by atoms with E-state index in [2.05, 4.69) is 35.3 Å². The second kappa shape index (κ2) is 3.39. The molecule has 0 spiro atoms. The van der Waals surface area contributed by atoms with Crippen molar-refractivity contribution in [2.75, 3.05) is 6.26 Å². The molecule has 2 aromatic heterocycles. The standard InChI is InChI=1S/C9H14N2S2Si/c1-12-8-9(14(2,3)4)13-7-5-10-6-11(7)8/h5-6H,1-4H3. The van der Waals surface area contributed by atoms with Crippen LogP contribution in [0.1, 0.15) is 0 Å². The van der Waals surface area contributed by atoms with Gasteiger partial charge in [0.05, 0.1) is 19.3 Å². The van der Waals surface area contributed by atoms with Crippen LogP contribution in [0.2, 0.25) is 19.6 Å². The smallest absolute Gasteiger partial charge is 0.120 e. The molecule has 0 aliphatic carbocycles. The molecule has 2 aromatic rings. The number of thiazole rings is 1. The molecule has 2 nitrogen and oxygen atoms in total. The monoisotopic (exact) mass is 242 g/mol. The summed E-state index contributed by atoms with van der Waals surface area (Å²) in [5.74, 6) is 0. The van der Waals surface area contributed by atoms with Crippen LogP contribution in [-0.2, 0) is 0 Å². The maximum Gasteiger partial charge on any atom is 0.120 e. The number of hydrogen-bond donors (Lipinski definition) is 0. The molecule has 76 valence electrons. The fourth-order valence-corrected chi connectivity index (χ4v) is 6.66. The van der Waals surface area contributed by atoms with Gasteiger partial charge in [-0.1, -0.05) is 19.6 Å². The Kier molecular flexibility index (Phi) is 2.49. The Morgan fingerprint density at radius 1 is 1.43 bits per heavy atom. The second-order valence-corrected chi connectivity index (χ2v) is 11.5. The minimum Gasteiger partial charge on any atom is -0.284 e. The van der Waals surface area contributed by atoms with Gasteiger partial charge >= 0.3 is 0 Å². The molecule has 0 N–H and O–H groups in total. The average molecular weight is 242 g/mol. The zero-order valence-corrected chi connectivity index (χ0v) is 11.5. The van der Waals surface area contributed by atoms with Gasteiger partial charge in [-0.3, -0.25) is 4.40 Å². The fraction of sp³-hybridized carbons (Fsp3) is 0.444. The van der Waals surface area contributed by atoms with Crippen molar-refractivity contribution in [1.29, 1.82) is 0 Å². The molecule has 2 rings (SSSR count). The molecule has 14 heavy (non-hydrogen) atoms. The molecule has 0 atom stereocenters. The zero-order chi connectivity index (χ0) is 10.3. The number of thioether (sulfide) groups is 1. The van der Waals surface area contributed by atoms with Crippen molar-refractivity contribution in [1.82, 2.24) is 9.38 Å². The third-order valence-corrected chi connectivity index (χ3v) is 7.85. The zero-order valence-electron chi connectivity index (χ0n) is 8.87. The van der Waals surface area contributed by atoms with Crippen LogP contribution in [0.25, 0.3) is 4.83 Å². The lowest BCUT2D eigenvalue weighted by Gasteiger charge is -2.14. The van der Waals surface area contributed by atoms with Gasteiger partial charge in [0.15, 0.2) is 0 Å². The first-order valence-electron chi connectivity index (χ1n) is 4.53. The number of imidazole rings is 1. The molecule has 0 amide bonds. The molecule has 0 unspecified atom stereocenters. The topological polar surface area (TPSA) is 17.3 Å². The van der Waals surface area contributed by atoms with Crippen molar-refractivity contribution in [2.45, 2.75) is 24.7 Å². The van der Waals surface area contributed by atoms with E-state index in [9.17, 15) is 0 Å². The summed E-state index contributed by atoms with van der Waals surface area (Å²) in [6, 6.07) is 0. The van der Waals surface area contributed by atoms with Crippen LogP contribution in [0.3, 0.4) is 0 Å². The van der Waals surface area contributed by atoms with Gasteiger partial charge in [-0.2, -0.15) is 0 Å². The Balaban J connectivity index is 2.70. The number of fused-ring (bicyclic) bond motifs is 1. The lowest BCUT2D eigenvalue weighted by molar-refractivity contribution is 1.05. The molecule has 0 aliphatic heterocycles. The molecule has 0 saturated carbocycles. The summed E-state index contributed by atoms with van der Waals surface area (Å²) < 4.78 is 3.80. The molecule has 5 heteroatoms. The van der Waals surface area contributed by atoms with Crippen LogP contribution in [0, 0.1) is 0 Å². The number of nitrogens with zero attached hydrogens (tertiary/aromatic N) is 2. The first kappa shape index (κ1) is 10.3. The fourth-order valence-electron chi connectivity index (χ4n) is 1.43. The van der Waals surface area contributed by atoms with Crippen molar-refractivity contribution in [3.05, 3.63) is 12.5 Å². The van der Waals surface area contributed by atoms with Crippen LogP contribution in [0.15, 0.2) is 17.6 Å². The predicted molar refractivity (Wildman–Crippen MR) is 67.8 cm³/mol. The van der Waals surface area contributed by atoms with Gasteiger partial charge in [-0.25, -0.2) is 4.98 Å². The largest absolute Gasteiger partial charge is 0.284 e. The predicted octanol–water partition coefficient (Wildman–Crippen LogP) is 2.66. The summed E-state index contributed by atoms with van der Waals surface area (Å²) in [6.07, 6.45) is 6.01. The highest BCUT2D eigenvalue weighted by atomic mass is 32.2. The molecule has 2 heterocycles. The third kappa shape index (κ3) is 1.53. The van der Waals surface area contributed by atoms with Gasteiger partial charge in [0.1, 0.15) is 11.2 Å². The number of hydrogen-bond acceptors (Lipinski definition) is 3. The maximum atomic E-state index is 4.17. The minimum absolute atomic E-state index is 1.20. The van der Waals surface area contributed by atoms with Crippen molar-refractivity contribution >= 4 is 40.5 Å². The second-order valence-electron chi connectivity index (χ2n) is 4.29. The summed E-state index contributed by atoms with van der Waals surface area (Å²) >= 11 is 3.73. The SMILES string of the molecule is CSc1c([Si](C)(C)C)sc2cncn12. The molecule has 0 bridgehead atoms. The molecular formula is C9H14N2S2Si. The van der Waals surface area contributed by atoms with Crippen molar-refractivity contribution < 1.29 is 0 Å². The van der Waals surface area contributed by atoms with Crippen LogP contribution in [-0.4, -0.2) is 23.7 Å². The van der Waals surface area contributed by atoms with Gasteiger partial charge < -0.3 is 0 Å². The summed E-state index contributed by atoms with van der Waals surface area (Å²) in [7, 11) is -1.20. The highest BCUT2D eigenvalue weighted by molar-refractivity contribution is 7.99. The van der Waals surface area contributed by atoms with E-state index in [1.807, 2.05) is 35.6 Å². The van der Waals surface area contributed by atoms with E-state index in [1.54, 1.807) is 4.50 Å². The molecular weight excluding hydrogens is 228 g/mol. The van der Waals surface area contributed by atoms with Gasteiger partial charge in [0, 0.05) is 4.50 Å². The van der Waals surface area contributed by atoms with E-state index < -0.39 is 8.07 Å². The van der Waals surface area contributed by atoms with Gasteiger partial charge in [-0.05, 0) is 6.26 Å². The van der Waals surface area contributed by atoms with E-state index in [1.165, 1.54) is 9.86 Å². The van der Waals surface area contributed by atoms with Crippen LogP contribution >= 0.6 is 23.1 Å². The van der Waals surface area contributed by atoms with Crippen LogP contribution in [0.5, 0.6) is 0 Å². The highest BCUT2D eigenvalue weighted by Gasteiger charge is 2.24. The van der Waals surface area contributed by atoms with E-state index >= 15 is 0 Å². The van der Waals surface area contributed by atoms with Crippen LogP contribution in [0.4, 0.5) is 0 Å². The Hall–Kier alpha value is -0.263. The van der Waals surface area contributed by atoms with E-state index in [-0.39, 0.29) is 0 Å². The summed E-state index contributed by atoms with van der Waals surface area (Å²) in [5, 5.41) is 1.39. The first-order chi connectivity index (χ1) is 6.54. The van der Waals surface area contributed by atoms with E-state index in [0.29, 0.717) is 0 Å². The summed E-state index contributed by atoms with van der Waals surface area (Å²) in [5.41, 5.74) is 0. The Morgan fingerprint density at radius 2 is 2.14 bits per heavy atom. The normalized spacial score (nSPS) is 12.6. The van der Waals surface area contributed by atoms with Gasteiger partial charge in [0.25, 0.3) is 0 Å². The lowest BCUT2D eigenvalue weighted by atomic mass is 10.9. The number of rotatable bonds is 2. The third-order valence-electron chi connectivity index (χ3n) is 2.10. The van der Waals surface area contributed by atoms with Crippen LogP contribution < -0.4 is 4.50 Å². The minimum atomic E-state index is -1.20. The molecule has 0 radical (unpaired) electrons. The van der Waals surface area contributed by atoms with Gasteiger partial charge in [-0.15, -0.1) is 23.1 Å². The van der Waals surface area contributed by atoms with E-state index in [0.717, 1.165) is 0 Å². The molecule has 0 saturated heterocycles. The Morgan fingerprint density at radius 3 is 2.71 bits per heavy atom. The number of aromatic nitrogens is 2. The first-order valence-corrected chi connectivity index (χ1v) is 10.1. The maximum absolute atomic E-state index is 4.17. The quantitative estimate of drug-likeness (QED) is 0.595. The molecule has 0 aromatic carbocycles. The Labute approximate surface area is 93.4 Å². The van der Waals surface area contributed by atoms with Crippen molar-refractivity contribution in [3.8, 4) is 0 Å². The highest BCUT2D eigenvalue weighted by Crippen LogP contribution is 2.24. The summed E-state index contributed by atoms with van der Waals surface area (Å²) in [6.45, 7) is 7.18.